The van der Waals surface area contributed by atoms with E-state index in [-0.39, 0.29) is 22.3 Å². The van der Waals surface area contributed by atoms with E-state index < -0.39 is 35.7 Å². The standard InChI is InChI=1S/C27H27F3N4O3.C14H16F3N3O2.C13H11NO2/c1-19-4-2-7-24(32-19)36-22-6-3-5-20(12-22)16-33-17-26(18-33)8-10-34(11-9-26)25(35)37-23-13-21(14-31-15-23)27(28,29)30;15-14(16,17)10-5-11(7-18-6-10)22-12(21)20-3-1-13(2-4-20)8-19-9-13;1-10-4-2-7-13(14-10)16-12-6-3-5-11(8-12)9-15/h2-7,12-15H,8-11,16-18H2,1H3;5-7,19H,1-4,8-9H2;2-9H,1H3. The predicted molar refractivity (Wildman–Crippen MR) is 262 cm³/mol. The minimum Gasteiger partial charge on any atom is -0.439 e. The topological polar surface area (TPSA) is 161 Å². The van der Waals surface area contributed by atoms with Crippen molar-refractivity contribution in [1.82, 2.24) is 40.0 Å². The summed E-state index contributed by atoms with van der Waals surface area (Å²) in [4.78, 5) is 56.2. The number of hydrogen-bond donors (Lipinski definition) is 1. The molecule has 1 N–H and O–H groups in total. The van der Waals surface area contributed by atoms with Gasteiger partial charge in [-0.05, 0) is 104 Å². The second-order valence-electron chi connectivity index (χ2n) is 19.0. The highest BCUT2D eigenvalue weighted by Crippen LogP contribution is 2.42. The van der Waals surface area contributed by atoms with E-state index in [4.69, 9.17) is 18.9 Å². The molecule has 0 radical (unpaired) electrons. The third-order valence-corrected chi connectivity index (χ3v) is 13.2. The molecule has 4 aromatic heterocycles. The maximum atomic E-state index is 12.9. The van der Waals surface area contributed by atoms with Crippen molar-refractivity contribution in [3.63, 3.8) is 0 Å². The van der Waals surface area contributed by atoms with E-state index in [0.29, 0.717) is 61.6 Å². The second kappa shape index (κ2) is 23.3. The summed E-state index contributed by atoms with van der Waals surface area (Å²) in [7, 11) is 0. The summed E-state index contributed by atoms with van der Waals surface area (Å²) >= 11 is 0. The van der Waals surface area contributed by atoms with Crippen molar-refractivity contribution in [3.05, 3.63) is 155 Å². The van der Waals surface area contributed by atoms with Gasteiger partial charge in [-0.3, -0.25) is 19.7 Å². The van der Waals surface area contributed by atoms with Gasteiger partial charge >= 0.3 is 24.5 Å². The first-order valence-electron chi connectivity index (χ1n) is 24.1. The molecule has 4 aliphatic rings. The largest absolute Gasteiger partial charge is 0.439 e. The minimum atomic E-state index is -4.55. The van der Waals surface area contributed by atoms with Crippen LogP contribution in [0.5, 0.6) is 34.8 Å². The molecular weight excluding hydrogens is 987 g/mol. The summed E-state index contributed by atoms with van der Waals surface area (Å²) in [6.45, 7) is 10.5. The van der Waals surface area contributed by atoms with E-state index in [9.17, 15) is 40.7 Å². The van der Waals surface area contributed by atoms with E-state index in [1.54, 1.807) is 35.2 Å². The van der Waals surface area contributed by atoms with Crippen LogP contribution in [0, 0.1) is 24.7 Å². The van der Waals surface area contributed by atoms with Crippen LogP contribution in [0.3, 0.4) is 0 Å². The molecule has 2 amide bonds. The van der Waals surface area contributed by atoms with Gasteiger partial charge in [0.15, 0.2) is 11.5 Å². The van der Waals surface area contributed by atoms with Gasteiger partial charge in [0.25, 0.3) is 0 Å². The smallest absolute Gasteiger partial charge is 0.418 e. The van der Waals surface area contributed by atoms with Crippen LogP contribution in [0.4, 0.5) is 35.9 Å². The molecule has 0 bridgehead atoms. The zero-order valence-corrected chi connectivity index (χ0v) is 41.1. The number of carbonyl (C=O) groups is 3. The average molecular weight is 1040 g/mol. The highest BCUT2D eigenvalue weighted by Gasteiger charge is 2.46. The van der Waals surface area contributed by atoms with Gasteiger partial charge in [0, 0.05) is 100 Å². The first-order valence-corrected chi connectivity index (χ1v) is 24.1. The van der Waals surface area contributed by atoms with Gasteiger partial charge in [0.2, 0.25) is 11.8 Å². The number of likely N-dealkylation sites (tertiary alicyclic amines) is 3. The average Bonchev–Trinajstić information content (AvgIpc) is 3.36. The van der Waals surface area contributed by atoms with Gasteiger partial charge in [0.1, 0.15) is 17.8 Å². The van der Waals surface area contributed by atoms with E-state index in [1.807, 2.05) is 62.4 Å². The van der Waals surface area contributed by atoms with Gasteiger partial charge in [-0.1, -0.05) is 36.4 Å². The molecule has 6 aromatic rings. The fourth-order valence-electron chi connectivity index (χ4n) is 9.09. The molecule has 21 heteroatoms. The summed E-state index contributed by atoms with van der Waals surface area (Å²) in [5.74, 6) is 2.05. The highest BCUT2D eigenvalue weighted by atomic mass is 19.4. The molecule has 8 heterocycles. The molecule has 0 saturated carbocycles. The predicted octanol–water partition coefficient (Wildman–Crippen LogP) is 11.0. The number of amides is 2. The van der Waals surface area contributed by atoms with Crippen molar-refractivity contribution in [3.8, 4) is 34.8 Å². The fraction of sp³-hybridized carbons (Fsp3) is 0.352. The molecule has 2 spiro atoms. The van der Waals surface area contributed by atoms with Crippen molar-refractivity contribution >= 4 is 18.5 Å². The Hall–Kier alpha value is -7.65. The first-order chi connectivity index (χ1) is 35.8. The third-order valence-electron chi connectivity index (χ3n) is 13.2. The Kier molecular flexibility index (Phi) is 16.6. The number of aryl methyl sites for hydroxylation is 2. The lowest BCUT2D eigenvalue weighted by molar-refractivity contribution is -0.138. The van der Waals surface area contributed by atoms with Gasteiger partial charge < -0.3 is 34.1 Å². The summed E-state index contributed by atoms with van der Waals surface area (Å²) in [6, 6.07) is 27.7. The summed E-state index contributed by atoms with van der Waals surface area (Å²) in [5, 5.41) is 3.23. The van der Waals surface area contributed by atoms with E-state index in [1.165, 1.54) is 4.90 Å². The van der Waals surface area contributed by atoms with Crippen molar-refractivity contribution in [2.24, 2.45) is 10.8 Å². The lowest BCUT2D eigenvalue weighted by Crippen LogP contribution is -2.60. The number of halogens is 6. The van der Waals surface area contributed by atoms with Crippen LogP contribution in [-0.2, 0) is 18.9 Å². The van der Waals surface area contributed by atoms with Crippen molar-refractivity contribution in [2.75, 3.05) is 52.4 Å². The number of benzene rings is 2. The van der Waals surface area contributed by atoms with Crippen molar-refractivity contribution in [2.45, 2.75) is 58.4 Å². The molecule has 10 rings (SSSR count). The fourth-order valence-corrected chi connectivity index (χ4v) is 9.09. The summed E-state index contributed by atoms with van der Waals surface area (Å²) in [6.07, 6.45) is -2.50. The highest BCUT2D eigenvalue weighted by molar-refractivity contribution is 5.75. The van der Waals surface area contributed by atoms with Crippen LogP contribution in [0.1, 0.15) is 64.1 Å². The summed E-state index contributed by atoms with van der Waals surface area (Å²) < 4.78 is 98.0. The number of hydrogen-bond acceptors (Lipinski definition) is 13. The lowest BCUT2D eigenvalue weighted by Gasteiger charge is -2.54. The zero-order chi connectivity index (χ0) is 53.2. The van der Waals surface area contributed by atoms with Crippen molar-refractivity contribution < 1.29 is 59.7 Å². The van der Waals surface area contributed by atoms with E-state index >= 15 is 0 Å². The Morgan fingerprint density at radius 2 is 1.07 bits per heavy atom. The third kappa shape index (κ3) is 14.8. The lowest BCUT2D eigenvalue weighted by atomic mass is 9.72. The molecule has 75 heavy (non-hydrogen) atoms. The maximum absolute atomic E-state index is 12.9. The molecule has 4 fully saturated rings. The van der Waals surface area contributed by atoms with Crippen LogP contribution < -0.4 is 24.3 Å². The molecule has 4 aliphatic heterocycles. The van der Waals surface area contributed by atoms with Gasteiger partial charge in [-0.15, -0.1) is 0 Å². The number of aromatic nitrogens is 4. The number of piperidine rings is 2. The van der Waals surface area contributed by atoms with Gasteiger partial charge in [-0.2, -0.15) is 26.3 Å². The number of carbonyl (C=O) groups excluding carboxylic acids is 3. The SMILES string of the molecule is Cc1cccc(Oc2cccc(C=O)c2)n1.Cc1cccc(Oc2cccc(CN3CC4(CCN(C(=O)Oc5cncc(C(F)(F)F)c5)CC4)C3)c2)n1.O=C(Oc1cncc(C(F)(F)F)c1)N1CCC2(CC1)CNC2. The quantitative estimate of drug-likeness (QED) is 0.108. The van der Waals surface area contributed by atoms with Crippen LogP contribution >= 0.6 is 0 Å². The van der Waals surface area contributed by atoms with Crippen LogP contribution in [-0.4, -0.2) is 105 Å². The molecule has 0 unspecified atom stereocenters. The number of aldehydes is 1. The summed E-state index contributed by atoms with van der Waals surface area (Å²) in [5.41, 5.74) is 2.07. The number of alkyl halides is 6. The molecule has 4 saturated heterocycles. The second-order valence-corrected chi connectivity index (χ2v) is 19.0. The van der Waals surface area contributed by atoms with Crippen LogP contribution in [0.15, 0.2) is 122 Å². The Morgan fingerprint density at radius 1 is 0.600 bits per heavy atom. The minimum absolute atomic E-state index is 0.147. The molecule has 15 nitrogen and oxygen atoms in total. The number of pyridine rings is 4. The van der Waals surface area contributed by atoms with E-state index in [2.05, 4.69) is 36.2 Å². The maximum Gasteiger partial charge on any atom is 0.418 e. The first kappa shape index (κ1) is 53.6. The Labute approximate surface area is 428 Å². The Balaban J connectivity index is 0.000000166. The van der Waals surface area contributed by atoms with E-state index in [0.717, 1.165) is 112 Å². The monoisotopic (exact) mass is 1040 g/mol. The van der Waals surface area contributed by atoms with Gasteiger partial charge in [0.05, 0.1) is 23.5 Å². The molecule has 0 atom stereocenters. The molecule has 394 valence electrons. The number of nitrogens with zero attached hydrogens (tertiary/aromatic N) is 7. The Morgan fingerprint density at radius 3 is 1.52 bits per heavy atom. The van der Waals surface area contributed by atoms with Gasteiger partial charge in [-0.25, -0.2) is 19.6 Å². The molecule has 0 aliphatic carbocycles. The number of rotatable bonds is 9. The molecular formula is C54H54F6N8O7. The van der Waals surface area contributed by atoms with Crippen LogP contribution in [0.25, 0.3) is 0 Å². The normalized spacial score (nSPS) is 16.7. The zero-order valence-electron chi connectivity index (χ0n) is 41.1. The van der Waals surface area contributed by atoms with Crippen LogP contribution in [0.2, 0.25) is 0 Å². The number of ether oxygens (including phenoxy) is 4. The Bertz CT molecular complexity index is 2930. The molecule has 2 aromatic carbocycles. The number of nitrogens with one attached hydrogen (secondary N) is 1. The van der Waals surface area contributed by atoms with Crippen molar-refractivity contribution in [1.29, 1.82) is 0 Å².